The van der Waals surface area contributed by atoms with Crippen LogP contribution in [0.1, 0.15) is 18.9 Å². The lowest BCUT2D eigenvalue weighted by Crippen LogP contribution is -1.94. The van der Waals surface area contributed by atoms with Crippen molar-refractivity contribution in [2.75, 3.05) is 0 Å². The third-order valence-electron chi connectivity index (χ3n) is 2.88. The zero-order valence-electron chi connectivity index (χ0n) is 11.1. The normalized spacial score (nSPS) is 11.7. The van der Waals surface area contributed by atoms with Crippen molar-refractivity contribution < 1.29 is 0 Å². The molecule has 0 radical (unpaired) electrons. The highest BCUT2D eigenvalue weighted by atomic mass is 35.5. The molecule has 2 heterocycles. The van der Waals surface area contributed by atoms with E-state index < -0.39 is 0 Å². The van der Waals surface area contributed by atoms with Gasteiger partial charge in [0.05, 0.1) is 21.9 Å². The van der Waals surface area contributed by atoms with Crippen LogP contribution >= 0.6 is 34.5 Å². The van der Waals surface area contributed by atoms with E-state index >= 15 is 0 Å². The molecule has 0 atom stereocenters. The van der Waals surface area contributed by atoms with Gasteiger partial charge in [-0.05, 0) is 18.1 Å². The van der Waals surface area contributed by atoms with Crippen LogP contribution in [0.4, 0.5) is 0 Å². The average Bonchev–Trinajstić information content (AvgIpc) is 2.89. The number of nitrogens with zero attached hydrogens (tertiary/aromatic N) is 3. The Morgan fingerprint density at radius 2 is 2.05 bits per heavy atom. The van der Waals surface area contributed by atoms with Gasteiger partial charge in [0, 0.05) is 12.0 Å². The number of hydrogen-bond acceptors (Lipinski definition) is 3. The first-order valence-electron chi connectivity index (χ1n) is 6.33. The minimum Gasteiger partial charge on any atom is -0.217 e. The molecule has 0 aliphatic carbocycles. The van der Waals surface area contributed by atoms with E-state index in [0.29, 0.717) is 16.0 Å². The summed E-state index contributed by atoms with van der Waals surface area (Å²) in [5, 5.41) is 6.75. The molecule has 6 heteroatoms. The van der Waals surface area contributed by atoms with Crippen LogP contribution in [0.2, 0.25) is 10.0 Å². The van der Waals surface area contributed by atoms with Crippen molar-refractivity contribution in [2.24, 2.45) is 5.92 Å². The first kappa shape index (κ1) is 13.9. The molecule has 1 aromatic carbocycles. The highest BCUT2D eigenvalue weighted by Gasteiger charge is 2.11. The van der Waals surface area contributed by atoms with Crippen molar-refractivity contribution in [3.05, 3.63) is 39.4 Å². The van der Waals surface area contributed by atoms with E-state index in [0.717, 1.165) is 27.6 Å². The highest BCUT2D eigenvalue weighted by molar-refractivity contribution is 7.16. The van der Waals surface area contributed by atoms with E-state index in [9.17, 15) is 0 Å². The number of fused-ring (bicyclic) bond motifs is 1. The first-order valence-corrected chi connectivity index (χ1v) is 7.90. The second-order valence-corrected chi connectivity index (χ2v) is 6.93. The molecule has 0 bridgehead atoms. The van der Waals surface area contributed by atoms with Crippen LogP contribution < -0.4 is 0 Å². The number of hydrogen-bond donors (Lipinski definition) is 0. The summed E-state index contributed by atoms with van der Waals surface area (Å²) >= 11 is 13.6. The van der Waals surface area contributed by atoms with Crippen LogP contribution in [0.15, 0.2) is 24.4 Å². The topological polar surface area (TPSA) is 30.2 Å². The maximum Gasteiger partial charge on any atom is 0.212 e. The van der Waals surface area contributed by atoms with Crippen LogP contribution in [-0.2, 0) is 6.42 Å². The lowest BCUT2D eigenvalue weighted by Gasteiger charge is -1.99. The van der Waals surface area contributed by atoms with Crippen molar-refractivity contribution in [3.63, 3.8) is 0 Å². The minimum absolute atomic E-state index is 0.536. The molecule has 3 aromatic rings. The fourth-order valence-electron chi connectivity index (χ4n) is 1.97. The van der Waals surface area contributed by atoms with Crippen molar-refractivity contribution in [3.8, 4) is 11.3 Å². The summed E-state index contributed by atoms with van der Waals surface area (Å²) < 4.78 is 1.83. The van der Waals surface area contributed by atoms with E-state index in [4.69, 9.17) is 23.2 Å². The molecule has 3 nitrogen and oxygen atoms in total. The van der Waals surface area contributed by atoms with E-state index in [1.807, 2.05) is 22.8 Å². The maximum absolute atomic E-state index is 6.04. The molecule has 0 amide bonds. The van der Waals surface area contributed by atoms with Gasteiger partial charge in [-0.2, -0.15) is 5.10 Å². The molecule has 0 saturated heterocycles. The summed E-state index contributed by atoms with van der Waals surface area (Å²) in [4.78, 5) is 5.50. The lowest BCUT2D eigenvalue weighted by molar-refractivity contribution is 0.637. The summed E-state index contributed by atoms with van der Waals surface area (Å²) in [6.45, 7) is 4.37. The molecule has 0 unspecified atom stereocenters. The quantitative estimate of drug-likeness (QED) is 0.681. The van der Waals surface area contributed by atoms with Gasteiger partial charge in [-0.25, -0.2) is 9.50 Å². The van der Waals surface area contributed by atoms with E-state index in [1.54, 1.807) is 17.4 Å². The molecule has 20 heavy (non-hydrogen) atoms. The predicted octanol–water partition coefficient (Wildman–Crippen LogP) is 4.96. The summed E-state index contributed by atoms with van der Waals surface area (Å²) in [5.41, 5.74) is 1.81. The fraction of sp³-hybridized carbons (Fsp3) is 0.286. The average molecular weight is 326 g/mol. The fourth-order valence-corrected chi connectivity index (χ4v) is 3.35. The van der Waals surface area contributed by atoms with Crippen LogP contribution in [-0.4, -0.2) is 14.6 Å². The van der Waals surface area contributed by atoms with Gasteiger partial charge >= 0.3 is 0 Å². The molecule has 0 saturated carbocycles. The third kappa shape index (κ3) is 2.68. The van der Waals surface area contributed by atoms with Crippen LogP contribution in [0.25, 0.3) is 16.2 Å². The summed E-state index contributed by atoms with van der Waals surface area (Å²) in [7, 11) is 0. The van der Waals surface area contributed by atoms with Gasteiger partial charge in [-0.1, -0.05) is 54.5 Å². The van der Waals surface area contributed by atoms with Gasteiger partial charge in [-0.3, -0.25) is 0 Å². The van der Waals surface area contributed by atoms with Gasteiger partial charge in [0.15, 0.2) is 0 Å². The minimum atomic E-state index is 0.536. The number of rotatable bonds is 3. The van der Waals surface area contributed by atoms with Crippen LogP contribution in [0.5, 0.6) is 0 Å². The standard InChI is InChI=1S/C14H13Cl2N3S/c1-8(2)5-13-18-19-7-12(17-14(19)20-13)9-3-4-10(15)11(16)6-9/h3-4,6-8H,5H2,1-2H3. The molecule has 0 spiro atoms. The third-order valence-corrected chi connectivity index (χ3v) is 4.57. The molecular formula is C14H13Cl2N3S. The molecule has 0 aliphatic heterocycles. The second kappa shape index (κ2) is 5.35. The molecule has 104 valence electrons. The Hall–Kier alpha value is -1.10. The number of imidazole rings is 1. The first-order chi connectivity index (χ1) is 9.52. The maximum atomic E-state index is 6.04. The Morgan fingerprint density at radius 1 is 1.25 bits per heavy atom. The molecule has 0 N–H and O–H groups in total. The van der Waals surface area contributed by atoms with Crippen molar-refractivity contribution in [1.82, 2.24) is 14.6 Å². The number of benzene rings is 1. The largest absolute Gasteiger partial charge is 0.217 e. The smallest absolute Gasteiger partial charge is 0.212 e. The van der Waals surface area contributed by atoms with Gasteiger partial charge < -0.3 is 0 Å². The second-order valence-electron chi connectivity index (χ2n) is 5.08. The molecule has 3 rings (SSSR count). The lowest BCUT2D eigenvalue weighted by atomic mass is 10.1. The molecule has 0 fully saturated rings. The highest BCUT2D eigenvalue weighted by Crippen LogP contribution is 2.29. The van der Waals surface area contributed by atoms with Crippen molar-refractivity contribution in [2.45, 2.75) is 20.3 Å². The molecule has 2 aromatic heterocycles. The van der Waals surface area contributed by atoms with Crippen LogP contribution in [0.3, 0.4) is 0 Å². The number of halogens is 2. The zero-order valence-corrected chi connectivity index (χ0v) is 13.4. The van der Waals surface area contributed by atoms with Crippen LogP contribution in [0, 0.1) is 5.92 Å². The Labute approximate surface area is 131 Å². The molecule has 0 aliphatic rings. The summed E-state index contributed by atoms with van der Waals surface area (Å²) in [6.07, 6.45) is 2.91. The Morgan fingerprint density at radius 3 is 2.70 bits per heavy atom. The van der Waals surface area contributed by atoms with Gasteiger partial charge in [-0.15, -0.1) is 0 Å². The molecular weight excluding hydrogens is 313 g/mol. The van der Waals surface area contributed by atoms with E-state index in [2.05, 4.69) is 23.9 Å². The summed E-state index contributed by atoms with van der Waals surface area (Å²) in [6, 6.07) is 5.52. The van der Waals surface area contributed by atoms with E-state index in [1.165, 1.54) is 0 Å². The predicted molar refractivity (Wildman–Crippen MR) is 84.9 cm³/mol. The Kier molecular flexibility index (Phi) is 3.71. The Bertz CT molecular complexity index is 729. The van der Waals surface area contributed by atoms with Crippen molar-refractivity contribution >= 4 is 39.5 Å². The van der Waals surface area contributed by atoms with E-state index in [-0.39, 0.29) is 0 Å². The van der Waals surface area contributed by atoms with Crippen molar-refractivity contribution in [1.29, 1.82) is 0 Å². The zero-order chi connectivity index (χ0) is 14.3. The Balaban J connectivity index is 1.96. The van der Waals surface area contributed by atoms with Gasteiger partial charge in [0.1, 0.15) is 5.01 Å². The summed E-state index contributed by atoms with van der Waals surface area (Å²) in [5.74, 6) is 0.598. The van der Waals surface area contributed by atoms with Gasteiger partial charge in [0.25, 0.3) is 0 Å². The monoisotopic (exact) mass is 325 g/mol. The van der Waals surface area contributed by atoms with Gasteiger partial charge in [0.2, 0.25) is 4.96 Å². The SMILES string of the molecule is CC(C)Cc1nn2cc(-c3ccc(Cl)c(Cl)c3)nc2s1. The number of aromatic nitrogens is 3.